The molecule has 0 aliphatic rings. The summed E-state index contributed by atoms with van der Waals surface area (Å²) in [5.74, 6) is 0.130. The molecule has 2 rings (SSSR count). The van der Waals surface area contributed by atoms with E-state index in [0.717, 1.165) is 24.4 Å². The highest BCUT2D eigenvalue weighted by molar-refractivity contribution is 5.87. The second kappa shape index (κ2) is 7.09. The highest BCUT2D eigenvalue weighted by Crippen LogP contribution is 2.28. The van der Waals surface area contributed by atoms with E-state index < -0.39 is 5.97 Å². The van der Waals surface area contributed by atoms with Gasteiger partial charge in [-0.3, -0.25) is 4.79 Å². The Morgan fingerprint density at radius 2 is 2.00 bits per heavy atom. The van der Waals surface area contributed by atoms with Crippen molar-refractivity contribution >= 4 is 16.7 Å². The Labute approximate surface area is 124 Å². The van der Waals surface area contributed by atoms with Crippen LogP contribution in [0.5, 0.6) is 5.75 Å². The number of hydrogen-bond donors (Lipinski definition) is 1. The SMILES string of the molecule is COc1ccc2ccccc2c1CN(C)CCCC(=O)O. The molecule has 0 spiro atoms. The van der Waals surface area contributed by atoms with Gasteiger partial charge in [0.1, 0.15) is 5.75 Å². The average Bonchev–Trinajstić information content (AvgIpc) is 2.47. The van der Waals surface area contributed by atoms with Crippen LogP contribution in [0.25, 0.3) is 10.8 Å². The summed E-state index contributed by atoms with van der Waals surface area (Å²) in [5, 5.41) is 11.1. The zero-order valence-electron chi connectivity index (χ0n) is 12.5. The third-order valence-electron chi connectivity index (χ3n) is 3.58. The van der Waals surface area contributed by atoms with Crippen molar-refractivity contribution in [3.63, 3.8) is 0 Å². The number of benzene rings is 2. The van der Waals surface area contributed by atoms with Crippen molar-refractivity contribution < 1.29 is 14.6 Å². The number of fused-ring (bicyclic) bond motifs is 1. The first-order chi connectivity index (χ1) is 10.1. The molecule has 112 valence electrons. The third kappa shape index (κ3) is 3.95. The van der Waals surface area contributed by atoms with Gasteiger partial charge in [-0.15, -0.1) is 0 Å². The number of ether oxygens (including phenoxy) is 1. The Hall–Kier alpha value is -2.07. The molecular weight excluding hydrogens is 266 g/mol. The Morgan fingerprint density at radius 1 is 1.24 bits per heavy atom. The maximum atomic E-state index is 10.6. The maximum Gasteiger partial charge on any atom is 0.303 e. The van der Waals surface area contributed by atoms with Gasteiger partial charge in [0.05, 0.1) is 7.11 Å². The van der Waals surface area contributed by atoms with Gasteiger partial charge in [-0.2, -0.15) is 0 Å². The normalized spacial score (nSPS) is 11.0. The molecule has 1 N–H and O–H groups in total. The van der Waals surface area contributed by atoms with Crippen LogP contribution in [0.2, 0.25) is 0 Å². The Morgan fingerprint density at radius 3 is 2.71 bits per heavy atom. The lowest BCUT2D eigenvalue weighted by Crippen LogP contribution is -2.20. The van der Waals surface area contributed by atoms with Gasteiger partial charge in [0.2, 0.25) is 0 Å². The molecule has 0 aliphatic heterocycles. The molecule has 0 amide bonds. The van der Waals surface area contributed by atoms with Gasteiger partial charge >= 0.3 is 5.97 Å². The summed E-state index contributed by atoms with van der Waals surface area (Å²) in [6.07, 6.45) is 0.857. The monoisotopic (exact) mass is 287 g/mol. The van der Waals surface area contributed by atoms with Crippen LogP contribution in [0.3, 0.4) is 0 Å². The first-order valence-electron chi connectivity index (χ1n) is 7.06. The topological polar surface area (TPSA) is 49.8 Å². The minimum Gasteiger partial charge on any atom is -0.496 e. The Kier molecular flexibility index (Phi) is 5.17. The number of carbonyl (C=O) groups is 1. The first-order valence-corrected chi connectivity index (χ1v) is 7.06. The van der Waals surface area contributed by atoms with Crippen molar-refractivity contribution in [3.05, 3.63) is 42.0 Å². The zero-order valence-corrected chi connectivity index (χ0v) is 12.5. The van der Waals surface area contributed by atoms with Crippen LogP contribution in [0.15, 0.2) is 36.4 Å². The average molecular weight is 287 g/mol. The number of carboxylic acid groups (broad SMARTS) is 1. The summed E-state index contributed by atoms with van der Waals surface area (Å²) >= 11 is 0. The fourth-order valence-corrected chi connectivity index (χ4v) is 2.52. The molecule has 0 aliphatic carbocycles. The second-order valence-electron chi connectivity index (χ2n) is 5.20. The molecule has 4 heteroatoms. The van der Waals surface area contributed by atoms with E-state index in [9.17, 15) is 4.79 Å². The van der Waals surface area contributed by atoms with E-state index in [0.29, 0.717) is 6.42 Å². The third-order valence-corrected chi connectivity index (χ3v) is 3.58. The van der Waals surface area contributed by atoms with Gasteiger partial charge < -0.3 is 14.7 Å². The number of aliphatic carboxylic acids is 1. The maximum absolute atomic E-state index is 10.6. The molecule has 0 aromatic heterocycles. The molecular formula is C17H21NO3. The van der Waals surface area contributed by atoms with Crippen LogP contribution in [0.4, 0.5) is 0 Å². The van der Waals surface area contributed by atoms with Gasteiger partial charge in [-0.1, -0.05) is 30.3 Å². The lowest BCUT2D eigenvalue weighted by Gasteiger charge is -2.19. The molecule has 0 saturated heterocycles. The van der Waals surface area contributed by atoms with E-state index >= 15 is 0 Å². The van der Waals surface area contributed by atoms with E-state index in [1.165, 1.54) is 10.8 Å². The quantitative estimate of drug-likeness (QED) is 0.850. The fraction of sp³-hybridized carbons (Fsp3) is 0.353. The molecule has 0 saturated carbocycles. The Bertz CT molecular complexity index is 624. The lowest BCUT2D eigenvalue weighted by atomic mass is 10.0. The van der Waals surface area contributed by atoms with Crippen molar-refractivity contribution in [2.24, 2.45) is 0 Å². The van der Waals surface area contributed by atoms with Gasteiger partial charge in [0.25, 0.3) is 0 Å². The first kappa shape index (κ1) is 15.3. The van der Waals surface area contributed by atoms with Crippen LogP contribution >= 0.6 is 0 Å². The summed E-state index contributed by atoms with van der Waals surface area (Å²) in [7, 11) is 3.68. The molecule has 0 fully saturated rings. The van der Waals surface area contributed by atoms with Crippen molar-refractivity contribution in [2.45, 2.75) is 19.4 Å². The van der Waals surface area contributed by atoms with E-state index in [-0.39, 0.29) is 6.42 Å². The highest BCUT2D eigenvalue weighted by atomic mass is 16.5. The van der Waals surface area contributed by atoms with Crippen LogP contribution in [-0.2, 0) is 11.3 Å². The minimum absolute atomic E-state index is 0.205. The van der Waals surface area contributed by atoms with Crippen LogP contribution < -0.4 is 4.74 Å². The molecule has 21 heavy (non-hydrogen) atoms. The van der Waals surface area contributed by atoms with Crippen LogP contribution in [0, 0.1) is 0 Å². The smallest absolute Gasteiger partial charge is 0.303 e. The predicted molar refractivity (Wildman–Crippen MR) is 83.7 cm³/mol. The molecule has 0 radical (unpaired) electrons. The van der Waals surface area contributed by atoms with E-state index in [4.69, 9.17) is 9.84 Å². The lowest BCUT2D eigenvalue weighted by molar-refractivity contribution is -0.137. The van der Waals surface area contributed by atoms with E-state index in [2.05, 4.69) is 23.1 Å². The number of nitrogens with zero attached hydrogens (tertiary/aromatic N) is 1. The van der Waals surface area contributed by atoms with Gasteiger partial charge in [0.15, 0.2) is 0 Å². The van der Waals surface area contributed by atoms with Crippen molar-refractivity contribution in [2.75, 3.05) is 20.7 Å². The summed E-state index contributed by atoms with van der Waals surface area (Å²) in [6, 6.07) is 12.3. The molecule has 2 aromatic rings. The van der Waals surface area contributed by atoms with Crippen LogP contribution in [0.1, 0.15) is 18.4 Å². The van der Waals surface area contributed by atoms with Gasteiger partial charge in [0, 0.05) is 18.5 Å². The number of methoxy groups -OCH3 is 1. The number of carboxylic acids is 1. The zero-order chi connectivity index (χ0) is 15.2. The van der Waals surface area contributed by atoms with Gasteiger partial charge in [-0.25, -0.2) is 0 Å². The molecule has 4 nitrogen and oxygen atoms in total. The summed E-state index contributed by atoms with van der Waals surface area (Å²) in [5.41, 5.74) is 1.15. The van der Waals surface area contributed by atoms with Crippen molar-refractivity contribution in [3.8, 4) is 5.75 Å². The largest absolute Gasteiger partial charge is 0.496 e. The second-order valence-corrected chi connectivity index (χ2v) is 5.20. The minimum atomic E-state index is -0.744. The summed E-state index contributed by atoms with van der Waals surface area (Å²) in [4.78, 5) is 12.7. The molecule has 0 heterocycles. The van der Waals surface area contributed by atoms with Gasteiger partial charge in [-0.05, 0) is 36.9 Å². The fourth-order valence-electron chi connectivity index (χ4n) is 2.52. The number of rotatable bonds is 7. The standard InChI is InChI=1S/C17H21NO3/c1-18(11-5-8-17(19)20)12-15-14-7-4-3-6-13(14)9-10-16(15)21-2/h3-4,6-7,9-10H,5,8,11-12H2,1-2H3,(H,19,20). The summed E-state index contributed by atoms with van der Waals surface area (Å²) in [6.45, 7) is 1.49. The Balaban J connectivity index is 2.17. The van der Waals surface area contributed by atoms with Crippen molar-refractivity contribution in [1.29, 1.82) is 0 Å². The molecule has 0 atom stereocenters. The van der Waals surface area contributed by atoms with Crippen LogP contribution in [-0.4, -0.2) is 36.7 Å². The molecule has 2 aromatic carbocycles. The predicted octanol–water partition coefficient (Wildman–Crippen LogP) is 3.15. The molecule has 0 unspecified atom stereocenters. The van der Waals surface area contributed by atoms with Crippen molar-refractivity contribution in [1.82, 2.24) is 4.90 Å². The van der Waals surface area contributed by atoms with E-state index in [1.807, 2.05) is 25.2 Å². The summed E-state index contributed by atoms with van der Waals surface area (Å²) < 4.78 is 5.48. The molecule has 0 bridgehead atoms. The highest BCUT2D eigenvalue weighted by Gasteiger charge is 2.11. The number of hydrogen-bond acceptors (Lipinski definition) is 3. The van der Waals surface area contributed by atoms with E-state index in [1.54, 1.807) is 7.11 Å².